The summed E-state index contributed by atoms with van der Waals surface area (Å²) in [5.74, 6) is 0.629. The number of pyridine rings is 1. The smallest absolute Gasteiger partial charge is 0.250 e. The van der Waals surface area contributed by atoms with Crippen molar-refractivity contribution in [1.29, 1.82) is 0 Å². The average Bonchev–Trinajstić information content (AvgIpc) is 3.33. The summed E-state index contributed by atoms with van der Waals surface area (Å²) in [6.07, 6.45) is 8.62. The SMILES string of the molecule is CC1=C(n2cc(C(N)=O)c3cc(C4CC4)cnc32)C(C)CC=C1O. The first-order chi connectivity index (χ1) is 11.5. The van der Waals surface area contributed by atoms with Crippen LogP contribution in [0.2, 0.25) is 0 Å². The van der Waals surface area contributed by atoms with E-state index in [1.807, 2.05) is 23.8 Å². The van der Waals surface area contributed by atoms with Crippen LogP contribution in [0.5, 0.6) is 0 Å². The molecular weight excluding hydrogens is 302 g/mol. The molecule has 5 nitrogen and oxygen atoms in total. The molecule has 3 N–H and O–H groups in total. The largest absolute Gasteiger partial charge is 0.508 e. The van der Waals surface area contributed by atoms with E-state index in [1.54, 1.807) is 6.20 Å². The number of nitrogens with two attached hydrogens (primary N) is 1. The summed E-state index contributed by atoms with van der Waals surface area (Å²) in [6, 6.07) is 2.05. The standard InChI is InChI=1S/C19H21N3O2/c1-10-3-6-16(23)11(2)17(10)22-9-15(18(20)24)14-7-13(12-4-5-12)8-21-19(14)22/h6-10,12,23H,3-5H2,1-2H3,(H2,20,24). The van der Waals surface area contributed by atoms with Gasteiger partial charge in [0.15, 0.2) is 0 Å². The van der Waals surface area contributed by atoms with Gasteiger partial charge in [-0.1, -0.05) is 6.92 Å². The molecule has 2 aliphatic rings. The van der Waals surface area contributed by atoms with Crippen LogP contribution in [0, 0.1) is 5.92 Å². The molecule has 2 aromatic rings. The van der Waals surface area contributed by atoms with E-state index in [1.165, 1.54) is 18.4 Å². The van der Waals surface area contributed by atoms with E-state index < -0.39 is 5.91 Å². The zero-order valence-corrected chi connectivity index (χ0v) is 13.9. The van der Waals surface area contributed by atoms with E-state index in [-0.39, 0.29) is 5.92 Å². The van der Waals surface area contributed by atoms with Crippen molar-refractivity contribution < 1.29 is 9.90 Å². The van der Waals surface area contributed by atoms with Crippen LogP contribution in [0.25, 0.3) is 16.7 Å². The lowest BCUT2D eigenvalue weighted by Gasteiger charge is -2.23. The van der Waals surface area contributed by atoms with Crippen molar-refractivity contribution in [2.75, 3.05) is 0 Å². The molecule has 1 unspecified atom stereocenters. The average molecular weight is 323 g/mol. The molecule has 0 bridgehead atoms. The lowest BCUT2D eigenvalue weighted by molar-refractivity contribution is 0.100. The molecule has 24 heavy (non-hydrogen) atoms. The molecule has 0 radical (unpaired) electrons. The van der Waals surface area contributed by atoms with Crippen LogP contribution in [0.15, 0.2) is 35.9 Å². The lowest BCUT2D eigenvalue weighted by atomic mass is 9.93. The predicted octanol–water partition coefficient (Wildman–Crippen LogP) is 3.73. The summed E-state index contributed by atoms with van der Waals surface area (Å²) < 4.78 is 1.93. The van der Waals surface area contributed by atoms with Gasteiger partial charge in [-0.15, -0.1) is 0 Å². The molecule has 4 rings (SSSR count). The van der Waals surface area contributed by atoms with E-state index in [2.05, 4.69) is 18.0 Å². The van der Waals surface area contributed by atoms with Crippen LogP contribution < -0.4 is 5.73 Å². The second-order valence-corrected chi connectivity index (χ2v) is 6.93. The van der Waals surface area contributed by atoms with Gasteiger partial charge in [0.05, 0.1) is 5.56 Å². The Labute approximate surface area is 140 Å². The molecule has 1 atom stereocenters. The van der Waals surface area contributed by atoms with Gasteiger partial charge < -0.3 is 15.4 Å². The van der Waals surface area contributed by atoms with Gasteiger partial charge in [0.1, 0.15) is 11.4 Å². The van der Waals surface area contributed by atoms with Crippen LogP contribution in [0.4, 0.5) is 0 Å². The molecule has 5 heteroatoms. The van der Waals surface area contributed by atoms with E-state index in [9.17, 15) is 9.90 Å². The minimum Gasteiger partial charge on any atom is -0.508 e. The summed E-state index contributed by atoms with van der Waals surface area (Å²) in [5, 5.41) is 10.9. The summed E-state index contributed by atoms with van der Waals surface area (Å²) in [6.45, 7) is 4.00. The van der Waals surface area contributed by atoms with Crippen LogP contribution in [-0.4, -0.2) is 20.6 Å². The van der Waals surface area contributed by atoms with Gasteiger partial charge in [-0.2, -0.15) is 0 Å². The number of amides is 1. The number of aromatic nitrogens is 2. The molecule has 124 valence electrons. The van der Waals surface area contributed by atoms with E-state index in [0.29, 0.717) is 17.2 Å². The topological polar surface area (TPSA) is 81.1 Å². The number of fused-ring (bicyclic) bond motifs is 1. The Morgan fingerprint density at radius 3 is 2.83 bits per heavy atom. The van der Waals surface area contributed by atoms with Crippen LogP contribution in [0.1, 0.15) is 54.9 Å². The lowest BCUT2D eigenvalue weighted by Crippen LogP contribution is -2.13. The summed E-state index contributed by atoms with van der Waals surface area (Å²) in [7, 11) is 0. The quantitative estimate of drug-likeness (QED) is 0.903. The minimum atomic E-state index is -0.449. The highest BCUT2D eigenvalue weighted by Gasteiger charge is 2.27. The van der Waals surface area contributed by atoms with Gasteiger partial charge in [-0.3, -0.25) is 4.79 Å². The van der Waals surface area contributed by atoms with E-state index in [0.717, 1.165) is 28.7 Å². The first-order valence-electron chi connectivity index (χ1n) is 8.38. The number of allylic oxidation sites excluding steroid dienone is 3. The Hall–Kier alpha value is -2.56. The molecule has 0 spiro atoms. The van der Waals surface area contributed by atoms with Crippen molar-refractivity contribution in [2.24, 2.45) is 11.7 Å². The molecule has 2 aliphatic carbocycles. The van der Waals surface area contributed by atoms with Gasteiger partial charge in [0.2, 0.25) is 0 Å². The Morgan fingerprint density at radius 2 is 2.17 bits per heavy atom. The van der Waals surface area contributed by atoms with Gasteiger partial charge in [-0.25, -0.2) is 4.98 Å². The number of aliphatic hydroxyl groups excluding tert-OH is 1. The zero-order valence-electron chi connectivity index (χ0n) is 13.9. The van der Waals surface area contributed by atoms with Crippen LogP contribution in [0.3, 0.4) is 0 Å². The number of aliphatic hydroxyl groups is 1. The predicted molar refractivity (Wildman–Crippen MR) is 93.6 cm³/mol. The number of hydrogen-bond donors (Lipinski definition) is 2. The highest BCUT2D eigenvalue weighted by atomic mass is 16.3. The fraction of sp³-hybridized carbons (Fsp3) is 0.368. The summed E-state index contributed by atoms with van der Waals surface area (Å²) in [5.41, 5.74) is 9.78. The van der Waals surface area contributed by atoms with Gasteiger partial charge in [-0.05, 0) is 49.8 Å². The summed E-state index contributed by atoms with van der Waals surface area (Å²) >= 11 is 0. The fourth-order valence-corrected chi connectivity index (χ4v) is 3.62. The zero-order chi connectivity index (χ0) is 17.0. The van der Waals surface area contributed by atoms with Crippen LogP contribution in [-0.2, 0) is 0 Å². The minimum absolute atomic E-state index is 0.224. The number of carbonyl (C=O) groups excluding carboxylic acids is 1. The summed E-state index contributed by atoms with van der Waals surface area (Å²) in [4.78, 5) is 16.6. The molecule has 0 aromatic carbocycles. The van der Waals surface area contributed by atoms with Crippen molar-refractivity contribution >= 4 is 22.6 Å². The first-order valence-corrected chi connectivity index (χ1v) is 8.38. The van der Waals surface area contributed by atoms with Crippen molar-refractivity contribution in [3.8, 4) is 0 Å². The number of hydrogen-bond acceptors (Lipinski definition) is 3. The van der Waals surface area contributed by atoms with Gasteiger partial charge in [0, 0.05) is 35.0 Å². The van der Waals surface area contributed by atoms with Gasteiger partial charge in [0.25, 0.3) is 5.91 Å². The molecule has 1 fully saturated rings. The van der Waals surface area contributed by atoms with Crippen LogP contribution >= 0.6 is 0 Å². The molecule has 0 aliphatic heterocycles. The maximum absolute atomic E-state index is 11.9. The van der Waals surface area contributed by atoms with Crippen molar-refractivity contribution in [3.05, 3.63) is 47.0 Å². The van der Waals surface area contributed by atoms with Crippen molar-refractivity contribution in [1.82, 2.24) is 9.55 Å². The fourth-order valence-electron chi connectivity index (χ4n) is 3.62. The third-order valence-electron chi connectivity index (χ3n) is 5.14. The highest BCUT2D eigenvalue weighted by Crippen LogP contribution is 2.41. The normalized spacial score (nSPS) is 21.2. The Kier molecular flexibility index (Phi) is 3.27. The second kappa shape index (κ2) is 5.23. The maximum Gasteiger partial charge on any atom is 0.250 e. The Bertz CT molecular complexity index is 916. The number of carbonyl (C=O) groups is 1. The van der Waals surface area contributed by atoms with Crippen molar-refractivity contribution in [3.63, 3.8) is 0 Å². The third kappa shape index (κ3) is 2.23. The van der Waals surface area contributed by atoms with Crippen molar-refractivity contribution in [2.45, 2.75) is 39.0 Å². The van der Waals surface area contributed by atoms with E-state index in [4.69, 9.17) is 5.73 Å². The Morgan fingerprint density at radius 1 is 1.42 bits per heavy atom. The highest BCUT2D eigenvalue weighted by molar-refractivity contribution is 6.06. The third-order valence-corrected chi connectivity index (χ3v) is 5.14. The molecule has 1 amide bonds. The van der Waals surface area contributed by atoms with Gasteiger partial charge >= 0.3 is 0 Å². The van der Waals surface area contributed by atoms with E-state index >= 15 is 0 Å². The number of rotatable bonds is 3. The first kappa shape index (κ1) is 15.0. The molecule has 0 saturated heterocycles. The monoisotopic (exact) mass is 323 g/mol. The molecule has 2 aromatic heterocycles. The second-order valence-electron chi connectivity index (χ2n) is 6.93. The number of primary amides is 1. The maximum atomic E-state index is 11.9. The molecular formula is C19H21N3O2. The number of nitrogens with zero attached hydrogens (tertiary/aromatic N) is 2. The Balaban J connectivity index is 1.97. The molecule has 1 saturated carbocycles. The molecule has 2 heterocycles.